The fourth-order valence-corrected chi connectivity index (χ4v) is 6.52. The van der Waals surface area contributed by atoms with Gasteiger partial charge in [0.25, 0.3) is 0 Å². The second kappa shape index (κ2) is 14.2. The van der Waals surface area contributed by atoms with Crippen LogP contribution in [0.15, 0.2) is 29.3 Å². The molecule has 2 fully saturated rings. The number of anilines is 1. The molecule has 2 aromatic rings. The predicted octanol–water partition coefficient (Wildman–Crippen LogP) is 5.71. The molecule has 1 saturated heterocycles. The van der Waals surface area contributed by atoms with Crippen LogP contribution in [0.5, 0.6) is 0 Å². The lowest BCUT2D eigenvalue weighted by Crippen LogP contribution is -2.39. The van der Waals surface area contributed by atoms with Crippen molar-refractivity contribution < 1.29 is 28.0 Å². The van der Waals surface area contributed by atoms with Gasteiger partial charge < -0.3 is 19.9 Å². The van der Waals surface area contributed by atoms with Crippen molar-refractivity contribution in [2.45, 2.75) is 95.3 Å². The maximum absolute atomic E-state index is 13.2. The number of rotatable bonds is 7. The van der Waals surface area contributed by atoms with E-state index in [1.165, 1.54) is 32.1 Å². The van der Waals surface area contributed by atoms with Crippen LogP contribution in [-0.4, -0.2) is 52.3 Å². The largest absolute Gasteiger partial charge is 0.447 e. The molecule has 39 heavy (non-hydrogen) atoms. The second-order valence-electron chi connectivity index (χ2n) is 10.9. The van der Waals surface area contributed by atoms with Gasteiger partial charge in [-0.15, -0.1) is 11.3 Å². The molecule has 1 aromatic carbocycles. The molecule has 4 rings (SSSR count). The summed E-state index contributed by atoms with van der Waals surface area (Å²) < 4.78 is 30.7. The summed E-state index contributed by atoms with van der Waals surface area (Å²) in [5.41, 5.74) is 5.78. The molecule has 1 atom stereocenters. The molecule has 1 aromatic heterocycles. The van der Waals surface area contributed by atoms with Gasteiger partial charge in [-0.2, -0.15) is 0 Å². The Morgan fingerprint density at radius 3 is 2.41 bits per heavy atom. The van der Waals surface area contributed by atoms with Crippen LogP contribution in [0.3, 0.4) is 0 Å². The van der Waals surface area contributed by atoms with Crippen LogP contribution in [0.25, 0.3) is 10.4 Å². The first-order valence-electron chi connectivity index (χ1n) is 13.2. The summed E-state index contributed by atoms with van der Waals surface area (Å²) in [5.74, 6) is 0.529. The van der Waals surface area contributed by atoms with Crippen LogP contribution in [0, 0.1) is 0 Å². The zero-order valence-corrected chi connectivity index (χ0v) is 24.9. The molecular weight excluding hydrogens is 540 g/mol. The van der Waals surface area contributed by atoms with Gasteiger partial charge in [0, 0.05) is 28.9 Å². The number of hydrogen-bond acceptors (Lipinski definition) is 8. The molecule has 12 heteroatoms. The summed E-state index contributed by atoms with van der Waals surface area (Å²) in [6, 6.07) is 5.47. The fourth-order valence-electron chi connectivity index (χ4n) is 4.05. The highest BCUT2D eigenvalue weighted by molar-refractivity contribution is 7.83. The van der Waals surface area contributed by atoms with E-state index < -0.39 is 23.2 Å². The molecule has 1 aliphatic heterocycles. The van der Waals surface area contributed by atoms with E-state index in [4.69, 9.17) is 14.5 Å². The topological polar surface area (TPSA) is 142 Å². The van der Waals surface area contributed by atoms with Crippen LogP contribution in [0.1, 0.15) is 77.6 Å². The number of primary amides is 1. The van der Waals surface area contributed by atoms with Crippen molar-refractivity contribution in [2.75, 3.05) is 18.5 Å². The van der Waals surface area contributed by atoms with E-state index in [2.05, 4.69) is 20.5 Å². The lowest BCUT2D eigenvalue weighted by Gasteiger charge is -2.24. The summed E-state index contributed by atoms with van der Waals surface area (Å²) >= 11 is 1.68. The first-order chi connectivity index (χ1) is 18.4. The number of carbonyl (C=O) groups excluding carboxylic acids is 2. The third kappa shape index (κ3) is 10.2. The molecule has 2 heterocycles. The quantitative estimate of drug-likeness (QED) is 0.381. The van der Waals surface area contributed by atoms with Gasteiger partial charge in [-0.25, -0.2) is 23.5 Å². The molecule has 10 nitrogen and oxygen atoms in total. The van der Waals surface area contributed by atoms with Gasteiger partial charge >= 0.3 is 12.2 Å². The summed E-state index contributed by atoms with van der Waals surface area (Å²) in [4.78, 5) is 28.3. The van der Waals surface area contributed by atoms with Crippen molar-refractivity contribution in [1.82, 2.24) is 9.71 Å². The average Bonchev–Trinajstić information content (AvgIpc) is 3.31. The molecule has 4 N–H and O–H groups in total. The maximum Gasteiger partial charge on any atom is 0.411 e. The Bertz CT molecular complexity index is 1140. The molecule has 2 aliphatic rings. The minimum atomic E-state index is -1.46. The average molecular weight is 581 g/mol. The Kier molecular flexibility index (Phi) is 11.3. The lowest BCUT2D eigenvalue weighted by atomic mass is 9.90. The number of nitrogens with one attached hydrogen (secondary N) is 2. The van der Waals surface area contributed by atoms with E-state index in [0.29, 0.717) is 29.7 Å². The van der Waals surface area contributed by atoms with Gasteiger partial charge in [-0.1, -0.05) is 25.3 Å². The van der Waals surface area contributed by atoms with Gasteiger partial charge in [0.1, 0.15) is 11.0 Å². The highest BCUT2D eigenvalue weighted by Crippen LogP contribution is 2.39. The van der Waals surface area contributed by atoms with Crippen molar-refractivity contribution in [3.63, 3.8) is 0 Å². The smallest absolute Gasteiger partial charge is 0.411 e. The molecule has 0 radical (unpaired) electrons. The van der Waals surface area contributed by atoms with Gasteiger partial charge in [0.05, 0.1) is 34.1 Å². The molecule has 0 spiro atoms. The highest BCUT2D eigenvalue weighted by Gasteiger charge is 2.23. The second-order valence-corrected chi connectivity index (χ2v) is 13.1. The van der Waals surface area contributed by atoms with Gasteiger partial charge in [0.2, 0.25) is 0 Å². The van der Waals surface area contributed by atoms with E-state index in [-0.39, 0.29) is 17.7 Å². The monoisotopic (exact) mass is 580 g/mol. The van der Waals surface area contributed by atoms with E-state index in [1.807, 2.05) is 39.1 Å². The molecule has 216 valence electrons. The van der Waals surface area contributed by atoms with Gasteiger partial charge in [-0.05, 0) is 59.6 Å². The number of amides is 2. The molecular formula is C27H40N4O6S2. The minimum Gasteiger partial charge on any atom is -0.447 e. The summed E-state index contributed by atoms with van der Waals surface area (Å²) in [6.07, 6.45) is 6.55. The van der Waals surface area contributed by atoms with Gasteiger partial charge in [0.15, 0.2) is 6.10 Å². The maximum atomic E-state index is 13.2. The Morgan fingerprint density at radius 1 is 1.18 bits per heavy atom. The number of carbonyl (C=O) groups is 2. The van der Waals surface area contributed by atoms with Crippen molar-refractivity contribution >= 4 is 40.2 Å². The number of thiazole rings is 1. The van der Waals surface area contributed by atoms with Crippen molar-refractivity contribution in [1.29, 1.82) is 0 Å². The number of aromatic nitrogens is 1. The first kappa shape index (κ1) is 31.0. The van der Waals surface area contributed by atoms with Crippen molar-refractivity contribution in [3.05, 3.63) is 29.4 Å². The zero-order valence-electron chi connectivity index (χ0n) is 23.3. The van der Waals surface area contributed by atoms with Crippen LogP contribution >= 0.6 is 11.3 Å². The predicted molar refractivity (Wildman–Crippen MR) is 153 cm³/mol. The number of nitrogens with zero attached hydrogens (tertiary/aromatic N) is 1. The number of benzene rings is 1. The Morgan fingerprint density at radius 2 is 1.87 bits per heavy atom. The third-order valence-corrected chi connectivity index (χ3v) is 8.53. The van der Waals surface area contributed by atoms with Crippen LogP contribution < -0.4 is 15.8 Å². The molecule has 1 saturated carbocycles. The lowest BCUT2D eigenvalue weighted by molar-refractivity contribution is -0.0961. The fraction of sp³-hybridized carbons (Fsp3) is 0.593. The summed E-state index contributed by atoms with van der Waals surface area (Å²) in [6.45, 7) is 10.5. The normalized spacial score (nSPS) is 17.0. The number of hydrogen-bond donors (Lipinski definition) is 3. The Balaban J connectivity index is 0.000000449. The molecule has 2 amide bonds. The third-order valence-electron chi connectivity index (χ3n) is 5.80. The first-order valence-corrected chi connectivity index (χ1v) is 15.2. The van der Waals surface area contributed by atoms with E-state index >= 15 is 0 Å². The molecule has 0 bridgehead atoms. The number of ether oxygens (including phenoxy) is 3. The van der Waals surface area contributed by atoms with Crippen LogP contribution in [-0.2, 0) is 25.2 Å². The van der Waals surface area contributed by atoms with E-state index in [1.54, 1.807) is 31.3 Å². The van der Waals surface area contributed by atoms with E-state index in [9.17, 15) is 13.8 Å². The highest BCUT2D eigenvalue weighted by atomic mass is 32.2. The SMILES string of the molecule is CC(C)OC(=O)Nc1ccc(-c2cnc(C3CCCCC3)s2)c(S(=O)NC(C)(C)C)c1.NC(=O)OC1COC1. The minimum absolute atomic E-state index is 0.0903. The van der Waals surface area contributed by atoms with Crippen LogP contribution in [0.2, 0.25) is 0 Å². The summed E-state index contributed by atoms with van der Waals surface area (Å²) in [5, 5.41) is 3.90. The Labute approximate surface area is 237 Å². The zero-order chi connectivity index (χ0) is 28.6. The molecule has 1 unspecified atom stereocenters. The van der Waals surface area contributed by atoms with Crippen molar-refractivity contribution in [3.8, 4) is 10.4 Å². The van der Waals surface area contributed by atoms with Crippen molar-refractivity contribution in [2.24, 2.45) is 5.73 Å². The van der Waals surface area contributed by atoms with E-state index in [0.717, 1.165) is 15.4 Å². The summed E-state index contributed by atoms with van der Waals surface area (Å²) in [7, 11) is -1.46. The molecule has 1 aliphatic carbocycles. The number of nitrogens with two attached hydrogens (primary N) is 1. The van der Waals surface area contributed by atoms with Crippen LogP contribution in [0.4, 0.5) is 15.3 Å². The Hall–Kier alpha value is -2.54. The van der Waals surface area contributed by atoms with Gasteiger partial charge in [-0.3, -0.25) is 5.32 Å². The standard InChI is InChI=1S/C23H33N3O3S2.C4H7NO3/c1-15(2)29-22(27)25-17-11-12-18(20(13-17)31(28)26-23(3,4)5)19-14-24-21(30-19)16-9-7-6-8-10-16;5-4(6)8-3-1-7-2-3/h11-16,26H,6-10H2,1-5H3,(H,25,27);3H,1-2H2,(H2,5,6).